The number of hydrogen-bond acceptors (Lipinski definition) is 4. The molecule has 1 aromatic carbocycles. The minimum absolute atomic E-state index is 0.169. The van der Waals surface area contributed by atoms with Crippen molar-refractivity contribution in [3.05, 3.63) is 29.8 Å². The largest absolute Gasteiger partial charge is 0.496 e. The molecular weight excluding hydrogens is 280 g/mol. The molecule has 0 heterocycles. The predicted molar refractivity (Wildman–Crippen MR) is 88.4 cm³/mol. The molecule has 1 rings (SSSR count). The van der Waals surface area contributed by atoms with E-state index in [0.717, 1.165) is 18.7 Å². The summed E-state index contributed by atoms with van der Waals surface area (Å²) in [5.74, 6) is 0.906. The molecule has 0 bridgehead atoms. The van der Waals surface area contributed by atoms with Crippen LogP contribution in [0.15, 0.2) is 24.3 Å². The summed E-state index contributed by atoms with van der Waals surface area (Å²) in [4.78, 5) is 11.6. The number of ether oxygens (including phenoxy) is 2. The third kappa shape index (κ3) is 7.31. The lowest BCUT2D eigenvalue weighted by atomic mass is 10.1. The van der Waals surface area contributed by atoms with Gasteiger partial charge in [0.25, 0.3) is 0 Å². The molecule has 0 aromatic heterocycles. The first kappa shape index (κ1) is 18.3. The average molecular weight is 308 g/mol. The lowest BCUT2D eigenvalue weighted by molar-refractivity contribution is 0.0523. The van der Waals surface area contributed by atoms with E-state index >= 15 is 0 Å². The van der Waals surface area contributed by atoms with Gasteiger partial charge in [-0.3, -0.25) is 0 Å². The molecule has 1 amide bonds. The molecule has 0 saturated carbocycles. The van der Waals surface area contributed by atoms with Crippen molar-refractivity contribution in [1.82, 2.24) is 10.6 Å². The number of rotatable bonds is 7. The van der Waals surface area contributed by atoms with E-state index in [1.807, 2.05) is 45.9 Å². The molecule has 5 nitrogen and oxygen atoms in total. The number of amides is 1. The second-order valence-electron chi connectivity index (χ2n) is 6.30. The molecule has 124 valence electrons. The minimum atomic E-state index is -0.468. The highest BCUT2D eigenvalue weighted by molar-refractivity contribution is 5.67. The van der Waals surface area contributed by atoms with E-state index in [2.05, 4.69) is 16.7 Å². The van der Waals surface area contributed by atoms with Gasteiger partial charge < -0.3 is 20.1 Å². The number of nitrogens with one attached hydrogen (secondary N) is 2. The predicted octanol–water partition coefficient (Wildman–Crippen LogP) is 2.74. The maximum Gasteiger partial charge on any atom is 0.407 e. The third-order valence-electron chi connectivity index (χ3n) is 3.03. The fourth-order valence-corrected chi connectivity index (χ4v) is 1.99. The summed E-state index contributed by atoms with van der Waals surface area (Å²) < 4.78 is 10.5. The number of benzene rings is 1. The molecule has 22 heavy (non-hydrogen) atoms. The molecule has 2 N–H and O–H groups in total. The van der Waals surface area contributed by atoms with Crippen LogP contribution in [0.2, 0.25) is 0 Å². The van der Waals surface area contributed by atoms with E-state index < -0.39 is 5.60 Å². The summed E-state index contributed by atoms with van der Waals surface area (Å²) in [7, 11) is 1.68. The summed E-state index contributed by atoms with van der Waals surface area (Å²) in [6.45, 7) is 8.92. The normalized spacial score (nSPS) is 12.6. The average Bonchev–Trinajstić information content (AvgIpc) is 2.44. The smallest absolute Gasteiger partial charge is 0.407 e. The first-order valence-corrected chi connectivity index (χ1v) is 7.64. The molecular formula is C17H28N2O3. The summed E-state index contributed by atoms with van der Waals surface area (Å²) in [6.07, 6.45) is 0.492. The van der Waals surface area contributed by atoms with Crippen molar-refractivity contribution in [3.8, 4) is 5.75 Å². The van der Waals surface area contributed by atoms with E-state index in [1.165, 1.54) is 5.56 Å². The molecule has 1 aromatic rings. The fourth-order valence-electron chi connectivity index (χ4n) is 1.99. The highest BCUT2D eigenvalue weighted by Gasteiger charge is 2.16. The van der Waals surface area contributed by atoms with Gasteiger partial charge in [-0.1, -0.05) is 18.2 Å². The molecule has 0 spiro atoms. The Bertz CT molecular complexity index is 469. The van der Waals surface area contributed by atoms with Crippen molar-refractivity contribution >= 4 is 6.09 Å². The zero-order chi connectivity index (χ0) is 16.6. The van der Waals surface area contributed by atoms with Gasteiger partial charge in [-0.15, -0.1) is 0 Å². The van der Waals surface area contributed by atoms with Crippen LogP contribution in [0.1, 0.15) is 33.3 Å². The summed E-state index contributed by atoms with van der Waals surface area (Å²) in [5, 5.41) is 6.14. The summed E-state index contributed by atoms with van der Waals surface area (Å²) in [5.41, 5.74) is 0.703. The van der Waals surface area contributed by atoms with Crippen LogP contribution in [0.25, 0.3) is 0 Å². The monoisotopic (exact) mass is 308 g/mol. The molecule has 0 aliphatic heterocycles. The second-order valence-corrected chi connectivity index (χ2v) is 6.30. The SMILES string of the molecule is COc1ccccc1CCNC(C)CNC(=O)OC(C)(C)C. The molecule has 0 radical (unpaired) electrons. The Kier molecular flexibility index (Phi) is 7.18. The highest BCUT2D eigenvalue weighted by Crippen LogP contribution is 2.17. The minimum Gasteiger partial charge on any atom is -0.496 e. The Labute approximate surface area is 133 Å². The van der Waals surface area contributed by atoms with Gasteiger partial charge in [0.15, 0.2) is 0 Å². The Morgan fingerprint density at radius 3 is 2.59 bits per heavy atom. The van der Waals surface area contributed by atoms with Crippen LogP contribution in [0.5, 0.6) is 5.75 Å². The molecule has 0 aliphatic rings. The van der Waals surface area contributed by atoms with E-state index in [4.69, 9.17) is 9.47 Å². The number of carbonyl (C=O) groups is 1. The molecule has 0 fully saturated rings. The van der Waals surface area contributed by atoms with Crippen molar-refractivity contribution in [2.75, 3.05) is 20.2 Å². The van der Waals surface area contributed by atoms with E-state index in [0.29, 0.717) is 6.54 Å². The van der Waals surface area contributed by atoms with Gasteiger partial charge in [-0.2, -0.15) is 0 Å². The number of alkyl carbamates (subject to hydrolysis) is 1. The van der Waals surface area contributed by atoms with Crippen molar-refractivity contribution in [2.45, 2.75) is 45.8 Å². The topological polar surface area (TPSA) is 59.6 Å². The molecule has 5 heteroatoms. The Hall–Kier alpha value is -1.75. The van der Waals surface area contributed by atoms with E-state index in [9.17, 15) is 4.79 Å². The van der Waals surface area contributed by atoms with Crippen LogP contribution in [-0.4, -0.2) is 37.9 Å². The first-order chi connectivity index (χ1) is 10.3. The van der Waals surface area contributed by atoms with Gasteiger partial charge in [-0.25, -0.2) is 4.79 Å². The zero-order valence-electron chi connectivity index (χ0n) is 14.2. The van der Waals surface area contributed by atoms with Gasteiger partial charge >= 0.3 is 6.09 Å². The van der Waals surface area contributed by atoms with Crippen molar-refractivity contribution in [2.24, 2.45) is 0 Å². The quantitative estimate of drug-likeness (QED) is 0.813. The van der Waals surface area contributed by atoms with Crippen LogP contribution < -0.4 is 15.4 Å². The van der Waals surface area contributed by atoms with E-state index in [1.54, 1.807) is 7.11 Å². The maximum atomic E-state index is 11.6. The van der Waals surface area contributed by atoms with Gasteiger partial charge in [0.05, 0.1) is 7.11 Å². The van der Waals surface area contributed by atoms with Crippen molar-refractivity contribution in [1.29, 1.82) is 0 Å². The van der Waals surface area contributed by atoms with Crippen LogP contribution >= 0.6 is 0 Å². The van der Waals surface area contributed by atoms with Crippen molar-refractivity contribution in [3.63, 3.8) is 0 Å². The molecule has 1 unspecified atom stereocenters. The van der Waals surface area contributed by atoms with E-state index in [-0.39, 0.29) is 12.1 Å². The van der Waals surface area contributed by atoms with Crippen LogP contribution in [-0.2, 0) is 11.2 Å². The van der Waals surface area contributed by atoms with Crippen LogP contribution in [0, 0.1) is 0 Å². The number of carbonyl (C=O) groups excluding carboxylic acids is 1. The number of para-hydroxylation sites is 1. The number of hydrogen-bond donors (Lipinski definition) is 2. The maximum absolute atomic E-state index is 11.6. The van der Waals surface area contributed by atoms with Gasteiger partial charge in [0.2, 0.25) is 0 Å². The summed E-state index contributed by atoms with van der Waals surface area (Å²) >= 11 is 0. The number of methoxy groups -OCH3 is 1. The second kappa shape index (κ2) is 8.63. The lowest BCUT2D eigenvalue weighted by Crippen LogP contribution is -2.41. The van der Waals surface area contributed by atoms with Crippen molar-refractivity contribution < 1.29 is 14.3 Å². The standard InChI is InChI=1S/C17H28N2O3/c1-13(12-19-16(20)22-17(2,3)4)18-11-10-14-8-6-7-9-15(14)21-5/h6-9,13,18H,10-12H2,1-5H3,(H,19,20). The van der Waals surface area contributed by atoms with Crippen LogP contribution in [0.3, 0.4) is 0 Å². The lowest BCUT2D eigenvalue weighted by Gasteiger charge is -2.21. The third-order valence-corrected chi connectivity index (χ3v) is 3.03. The first-order valence-electron chi connectivity index (χ1n) is 7.64. The summed E-state index contributed by atoms with van der Waals surface area (Å²) in [6, 6.07) is 8.16. The molecule has 0 aliphatic carbocycles. The molecule has 1 atom stereocenters. The molecule has 0 saturated heterocycles. The van der Waals surface area contributed by atoms with Gasteiger partial charge in [0, 0.05) is 12.6 Å². The van der Waals surface area contributed by atoms with Gasteiger partial charge in [0.1, 0.15) is 11.4 Å². The highest BCUT2D eigenvalue weighted by atomic mass is 16.6. The fraction of sp³-hybridized carbons (Fsp3) is 0.588. The van der Waals surface area contributed by atoms with Crippen LogP contribution in [0.4, 0.5) is 4.79 Å². The Balaban J connectivity index is 2.26. The zero-order valence-corrected chi connectivity index (χ0v) is 14.2. The van der Waals surface area contributed by atoms with Gasteiger partial charge in [-0.05, 0) is 52.3 Å². The Morgan fingerprint density at radius 2 is 1.95 bits per heavy atom. The Morgan fingerprint density at radius 1 is 1.27 bits per heavy atom.